The second-order valence-electron chi connectivity index (χ2n) is 6.77. The van der Waals surface area contributed by atoms with Gasteiger partial charge >= 0.3 is 0 Å². The van der Waals surface area contributed by atoms with Gasteiger partial charge in [-0.25, -0.2) is 4.98 Å². The van der Waals surface area contributed by atoms with Crippen molar-refractivity contribution in [2.24, 2.45) is 0 Å². The van der Waals surface area contributed by atoms with Gasteiger partial charge in [-0.05, 0) is 51.0 Å². The zero-order valence-corrected chi connectivity index (χ0v) is 15.2. The third kappa shape index (κ3) is 3.33. The number of benzene rings is 1. The number of rotatable bonds is 3. The van der Waals surface area contributed by atoms with Crippen LogP contribution in [0.25, 0.3) is 10.9 Å². The number of nitriles is 1. The molecule has 2 heterocycles. The van der Waals surface area contributed by atoms with Gasteiger partial charge in [0.25, 0.3) is 0 Å². The molecule has 0 aliphatic carbocycles. The lowest BCUT2D eigenvalue weighted by Gasteiger charge is -2.39. The molecule has 0 bridgehead atoms. The van der Waals surface area contributed by atoms with E-state index in [0.717, 1.165) is 42.7 Å². The fourth-order valence-electron chi connectivity index (χ4n) is 3.43. The highest BCUT2D eigenvalue weighted by Crippen LogP contribution is 2.27. The highest BCUT2D eigenvalue weighted by molar-refractivity contribution is 6.31. The van der Waals surface area contributed by atoms with Crippen LogP contribution in [-0.4, -0.2) is 42.1 Å². The summed E-state index contributed by atoms with van der Waals surface area (Å²) in [5, 5.41) is 10.9. The molecule has 1 aliphatic rings. The minimum atomic E-state index is 0.462. The van der Waals surface area contributed by atoms with Crippen molar-refractivity contribution in [3.63, 3.8) is 0 Å². The number of likely N-dealkylation sites (tertiary alicyclic amines) is 1. The highest BCUT2D eigenvalue weighted by atomic mass is 35.5. The number of hydrogen-bond acceptors (Lipinski definition) is 4. The molecule has 0 unspecified atom stereocenters. The van der Waals surface area contributed by atoms with Gasteiger partial charge in [0, 0.05) is 42.6 Å². The number of nitrogens with zero attached hydrogens (tertiary/aromatic N) is 4. The fourth-order valence-corrected chi connectivity index (χ4v) is 3.61. The van der Waals surface area contributed by atoms with Gasteiger partial charge in [-0.3, -0.25) is 0 Å². The fraction of sp³-hybridized carbons (Fsp3) is 0.474. The summed E-state index contributed by atoms with van der Waals surface area (Å²) in [6, 6.07) is 10.8. The lowest BCUT2D eigenvalue weighted by molar-refractivity contribution is 0.171. The molecule has 24 heavy (non-hydrogen) atoms. The summed E-state index contributed by atoms with van der Waals surface area (Å²) in [5.41, 5.74) is 1.45. The number of pyridine rings is 1. The van der Waals surface area contributed by atoms with E-state index in [-0.39, 0.29) is 0 Å². The molecule has 4 nitrogen and oxygen atoms in total. The maximum absolute atomic E-state index is 9.49. The Hall–Kier alpha value is -1.83. The van der Waals surface area contributed by atoms with Crippen molar-refractivity contribution in [3.8, 4) is 6.07 Å². The molecule has 1 aromatic carbocycles. The average Bonchev–Trinajstić information content (AvgIpc) is 2.60. The number of fused-ring (bicyclic) bond motifs is 1. The normalized spacial score (nSPS) is 16.5. The zero-order valence-electron chi connectivity index (χ0n) is 14.5. The topological polar surface area (TPSA) is 43.2 Å². The molecule has 1 fully saturated rings. The summed E-state index contributed by atoms with van der Waals surface area (Å²) in [7, 11) is 2.08. The summed E-state index contributed by atoms with van der Waals surface area (Å²) in [6.07, 6.45) is 2.24. The Labute approximate surface area is 148 Å². The second kappa shape index (κ2) is 6.96. The van der Waals surface area contributed by atoms with Crippen LogP contribution in [0.4, 0.5) is 5.82 Å². The maximum Gasteiger partial charge on any atom is 0.130 e. The predicted molar refractivity (Wildman–Crippen MR) is 99.6 cm³/mol. The van der Waals surface area contributed by atoms with Gasteiger partial charge in [-0.2, -0.15) is 5.26 Å². The van der Waals surface area contributed by atoms with E-state index >= 15 is 0 Å². The van der Waals surface area contributed by atoms with Gasteiger partial charge in [0.05, 0.1) is 17.1 Å². The molecule has 126 valence electrons. The standard InChI is InChI=1S/C19H23ClN4/c1-13(2)24-8-6-16(7-9-24)23(3)19-10-14(12-21)17-11-15(20)4-5-18(17)22-19/h4-5,10-11,13,16H,6-9H2,1-3H3. The molecular weight excluding hydrogens is 320 g/mol. The van der Waals surface area contributed by atoms with Gasteiger partial charge in [0.15, 0.2) is 0 Å². The van der Waals surface area contributed by atoms with E-state index in [4.69, 9.17) is 16.6 Å². The first-order valence-corrected chi connectivity index (χ1v) is 8.84. The maximum atomic E-state index is 9.49. The summed E-state index contributed by atoms with van der Waals surface area (Å²) >= 11 is 6.06. The molecule has 0 radical (unpaired) electrons. The van der Waals surface area contributed by atoms with Gasteiger partial charge < -0.3 is 9.80 Å². The van der Waals surface area contributed by atoms with Gasteiger partial charge in [0.1, 0.15) is 5.82 Å². The third-order valence-electron chi connectivity index (χ3n) is 5.02. The van der Waals surface area contributed by atoms with Crippen molar-refractivity contribution < 1.29 is 0 Å². The van der Waals surface area contributed by atoms with E-state index in [9.17, 15) is 5.26 Å². The first kappa shape index (κ1) is 17.0. The van der Waals surface area contributed by atoms with Crippen LogP contribution in [0.3, 0.4) is 0 Å². The smallest absolute Gasteiger partial charge is 0.130 e. The van der Waals surface area contributed by atoms with E-state index < -0.39 is 0 Å². The lowest BCUT2D eigenvalue weighted by atomic mass is 10.0. The third-order valence-corrected chi connectivity index (χ3v) is 5.25. The van der Waals surface area contributed by atoms with Crippen molar-refractivity contribution in [1.29, 1.82) is 5.26 Å². The van der Waals surface area contributed by atoms with Crippen LogP contribution in [0.1, 0.15) is 32.3 Å². The van der Waals surface area contributed by atoms with Crippen LogP contribution in [0.15, 0.2) is 24.3 Å². The van der Waals surface area contributed by atoms with Crippen LogP contribution in [0, 0.1) is 11.3 Å². The van der Waals surface area contributed by atoms with E-state index in [0.29, 0.717) is 22.7 Å². The number of aromatic nitrogens is 1. The average molecular weight is 343 g/mol. The molecule has 0 saturated carbocycles. The Bertz CT molecular complexity index is 773. The SMILES string of the molecule is CC(C)N1CCC(N(C)c2cc(C#N)c3cc(Cl)ccc3n2)CC1. The molecule has 0 spiro atoms. The lowest BCUT2D eigenvalue weighted by Crippen LogP contribution is -2.46. The van der Waals surface area contributed by atoms with Crippen molar-refractivity contribution >= 4 is 28.3 Å². The molecule has 0 N–H and O–H groups in total. The van der Waals surface area contributed by atoms with Crippen LogP contribution >= 0.6 is 11.6 Å². The molecule has 5 heteroatoms. The Balaban J connectivity index is 1.87. The summed E-state index contributed by atoms with van der Waals surface area (Å²) in [4.78, 5) is 9.50. The molecule has 2 aromatic rings. The quantitative estimate of drug-likeness (QED) is 0.843. The molecule has 1 aromatic heterocycles. The second-order valence-corrected chi connectivity index (χ2v) is 7.21. The molecule has 1 aliphatic heterocycles. The molecule has 1 saturated heterocycles. The number of halogens is 1. The predicted octanol–water partition coefficient (Wildman–Crippen LogP) is 4.07. The van der Waals surface area contributed by atoms with Crippen molar-refractivity contribution in [1.82, 2.24) is 9.88 Å². The Kier molecular flexibility index (Phi) is 4.93. The molecule has 3 rings (SSSR count). The summed E-state index contributed by atoms with van der Waals surface area (Å²) in [6.45, 7) is 6.72. The number of hydrogen-bond donors (Lipinski definition) is 0. The van der Waals surface area contributed by atoms with Crippen LogP contribution in [-0.2, 0) is 0 Å². The number of anilines is 1. The van der Waals surface area contributed by atoms with Gasteiger partial charge in [-0.15, -0.1) is 0 Å². The molecular formula is C19H23ClN4. The van der Waals surface area contributed by atoms with E-state index in [1.165, 1.54) is 0 Å². The van der Waals surface area contributed by atoms with E-state index in [1.54, 1.807) is 0 Å². The van der Waals surface area contributed by atoms with Crippen molar-refractivity contribution in [3.05, 3.63) is 34.9 Å². The Morgan fingerprint density at radius 2 is 2.00 bits per heavy atom. The first-order valence-electron chi connectivity index (χ1n) is 8.47. The largest absolute Gasteiger partial charge is 0.357 e. The molecule has 0 atom stereocenters. The Morgan fingerprint density at radius 1 is 1.29 bits per heavy atom. The van der Waals surface area contributed by atoms with Gasteiger partial charge in [-0.1, -0.05) is 11.6 Å². The minimum Gasteiger partial charge on any atom is -0.357 e. The summed E-state index contributed by atoms with van der Waals surface area (Å²) in [5.74, 6) is 0.865. The minimum absolute atomic E-state index is 0.462. The van der Waals surface area contributed by atoms with Crippen LogP contribution in [0.5, 0.6) is 0 Å². The van der Waals surface area contributed by atoms with Crippen molar-refractivity contribution in [2.75, 3.05) is 25.0 Å². The number of piperidine rings is 1. The summed E-state index contributed by atoms with van der Waals surface area (Å²) < 4.78 is 0. The van der Waals surface area contributed by atoms with E-state index in [1.807, 2.05) is 24.3 Å². The Morgan fingerprint density at radius 3 is 2.62 bits per heavy atom. The zero-order chi connectivity index (χ0) is 17.3. The highest BCUT2D eigenvalue weighted by Gasteiger charge is 2.25. The molecule has 0 amide bonds. The van der Waals surface area contributed by atoms with E-state index in [2.05, 4.69) is 36.8 Å². The van der Waals surface area contributed by atoms with Crippen molar-refractivity contribution in [2.45, 2.75) is 38.8 Å². The van der Waals surface area contributed by atoms with Crippen LogP contribution in [0.2, 0.25) is 5.02 Å². The van der Waals surface area contributed by atoms with Crippen LogP contribution < -0.4 is 4.90 Å². The monoisotopic (exact) mass is 342 g/mol. The first-order chi connectivity index (χ1) is 11.5. The van der Waals surface area contributed by atoms with Gasteiger partial charge in [0.2, 0.25) is 0 Å².